The van der Waals surface area contributed by atoms with Gasteiger partial charge in [-0.1, -0.05) is 17.7 Å². The maximum Gasteiger partial charge on any atom is 0.246 e. The lowest BCUT2D eigenvalue weighted by Gasteiger charge is -2.48. The maximum atomic E-state index is 14.6. The number of fused-ring (bicyclic) bond motifs is 2. The van der Waals surface area contributed by atoms with Crippen molar-refractivity contribution in [3.05, 3.63) is 83.2 Å². The van der Waals surface area contributed by atoms with Gasteiger partial charge < -0.3 is 4.74 Å². The predicted molar refractivity (Wildman–Crippen MR) is 135 cm³/mol. The van der Waals surface area contributed by atoms with Gasteiger partial charge in [-0.3, -0.25) is 4.90 Å². The van der Waals surface area contributed by atoms with Crippen molar-refractivity contribution in [1.82, 2.24) is 19.0 Å². The fourth-order valence-electron chi connectivity index (χ4n) is 5.82. The third-order valence-electron chi connectivity index (χ3n) is 7.67. The number of aromatic nitrogens is 2. The van der Waals surface area contributed by atoms with E-state index in [2.05, 4.69) is 16.1 Å². The van der Waals surface area contributed by atoms with Gasteiger partial charge in [0.15, 0.2) is 0 Å². The van der Waals surface area contributed by atoms with Crippen LogP contribution in [-0.2, 0) is 21.2 Å². The lowest BCUT2D eigenvalue weighted by atomic mass is 9.68. The average Bonchev–Trinajstić information content (AvgIpc) is 3.30. The molecule has 2 fully saturated rings. The maximum absolute atomic E-state index is 14.6. The molecule has 10 heteroatoms. The molecule has 0 spiro atoms. The predicted octanol–water partition coefficient (Wildman–Crippen LogP) is 3.50. The summed E-state index contributed by atoms with van der Waals surface area (Å²) < 4.78 is 64.0. The molecular formula is C27H28F2N4O3S. The first-order valence-electron chi connectivity index (χ1n) is 12.4. The molecule has 1 aliphatic carbocycles. The van der Waals surface area contributed by atoms with E-state index in [1.165, 1.54) is 34.6 Å². The molecule has 2 saturated heterocycles. The van der Waals surface area contributed by atoms with Crippen molar-refractivity contribution in [1.29, 1.82) is 0 Å². The molecule has 3 aliphatic rings. The van der Waals surface area contributed by atoms with Crippen LogP contribution in [0.25, 0.3) is 11.8 Å². The molecule has 1 aromatic heterocycles. The van der Waals surface area contributed by atoms with Crippen LogP contribution in [0.3, 0.4) is 0 Å². The van der Waals surface area contributed by atoms with Gasteiger partial charge >= 0.3 is 0 Å². The van der Waals surface area contributed by atoms with Gasteiger partial charge in [0, 0.05) is 38.1 Å². The Kier molecular flexibility index (Phi) is 6.22. The summed E-state index contributed by atoms with van der Waals surface area (Å²) in [5, 5.41) is 4.60. The first kappa shape index (κ1) is 24.4. The number of halogens is 2. The molecule has 0 saturated carbocycles. The minimum Gasteiger partial charge on any atom is -0.379 e. The summed E-state index contributed by atoms with van der Waals surface area (Å²) in [4.78, 5) is 2.04. The van der Waals surface area contributed by atoms with Gasteiger partial charge in [0.25, 0.3) is 0 Å². The Morgan fingerprint density at radius 1 is 1.00 bits per heavy atom. The quantitative estimate of drug-likeness (QED) is 0.509. The number of morpholine rings is 1. The number of piperidine rings is 1. The monoisotopic (exact) mass is 526 g/mol. The molecule has 1 atom stereocenters. The largest absolute Gasteiger partial charge is 0.379 e. The highest BCUT2D eigenvalue weighted by Crippen LogP contribution is 2.46. The van der Waals surface area contributed by atoms with E-state index in [0.717, 1.165) is 35.6 Å². The van der Waals surface area contributed by atoms with Gasteiger partial charge in [-0.2, -0.15) is 9.40 Å². The van der Waals surface area contributed by atoms with E-state index in [-0.39, 0.29) is 23.8 Å². The van der Waals surface area contributed by atoms with Crippen LogP contribution in [0.1, 0.15) is 17.7 Å². The fraction of sp³-hybridized carbons (Fsp3) is 0.370. The number of rotatable bonds is 5. The van der Waals surface area contributed by atoms with Crippen LogP contribution in [-0.4, -0.2) is 73.3 Å². The smallest absolute Gasteiger partial charge is 0.246 e. The third kappa shape index (κ3) is 4.41. The minimum absolute atomic E-state index is 0.258. The van der Waals surface area contributed by atoms with Crippen LogP contribution >= 0.6 is 0 Å². The van der Waals surface area contributed by atoms with Crippen LogP contribution in [0.4, 0.5) is 8.78 Å². The Labute approximate surface area is 215 Å². The van der Waals surface area contributed by atoms with Crippen molar-refractivity contribution < 1.29 is 21.9 Å². The SMILES string of the molecule is O=S(=O)(c1ccccc1F)N1CCC2=Cc3c(cnn3-c3ccc(F)cc3)CC2(CN2CCOCC2)C1. The first-order chi connectivity index (χ1) is 17.9. The fourth-order valence-corrected chi connectivity index (χ4v) is 7.41. The average molecular weight is 527 g/mol. The van der Waals surface area contributed by atoms with E-state index in [1.807, 2.05) is 10.9 Å². The topological polar surface area (TPSA) is 67.7 Å². The molecule has 2 aliphatic heterocycles. The van der Waals surface area contributed by atoms with Crippen LogP contribution in [0.5, 0.6) is 0 Å². The number of benzene rings is 2. The molecule has 0 bridgehead atoms. The van der Waals surface area contributed by atoms with Crippen LogP contribution in [0, 0.1) is 17.0 Å². The van der Waals surface area contributed by atoms with Gasteiger partial charge in [0.2, 0.25) is 10.0 Å². The second kappa shape index (κ2) is 9.43. The molecule has 37 heavy (non-hydrogen) atoms. The summed E-state index contributed by atoms with van der Waals surface area (Å²) >= 11 is 0. The number of nitrogens with zero attached hydrogens (tertiary/aromatic N) is 4. The van der Waals surface area contributed by atoms with E-state index < -0.39 is 21.3 Å². The molecule has 0 N–H and O–H groups in total. The van der Waals surface area contributed by atoms with Crippen molar-refractivity contribution in [2.24, 2.45) is 5.41 Å². The second-order valence-electron chi connectivity index (χ2n) is 9.98. The lowest BCUT2D eigenvalue weighted by Crippen LogP contribution is -2.55. The van der Waals surface area contributed by atoms with Crippen molar-refractivity contribution in [3.8, 4) is 5.69 Å². The molecule has 7 nitrogen and oxygen atoms in total. The highest BCUT2D eigenvalue weighted by molar-refractivity contribution is 7.89. The molecule has 194 valence electrons. The Hall–Kier alpha value is -2.92. The lowest BCUT2D eigenvalue weighted by molar-refractivity contribution is 0.0153. The summed E-state index contributed by atoms with van der Waals surface area (Å²) in [5.41, 5.74) is 3.39. The van der Waals surface area contributed by atoms with Crippen molar-refractivity contribution in [2.75, 3.05) is 45.9 Å². The van der Waals surface area contributed by atoms with E-state index in [4.69, 9.17) is 4.74 Å². The van der Waals surface area contributed by atoms with Gasteiger partial charge in [-0.25, -0.2) is 21.9 Å². The summed E-state index contributed by atoms with van der Waals surface area (Å²) in [7, 11) is -4.01. The first-order valence-corrected chi connectivity index (χ1v) is 13.9. The number of hydrogen-bond acceptors (Lipinski definition) is 5. The zero-order valence-corrected chi connectivity index (χ0v) is 21.1. The van der Waals surface area contributed by atoms with Gasteiger partial charge in [-0.15, -0.1) is 0 Å². The van der Waals surface area contributed by atoms with Crippen LogP contribution in [0.2, 0.25) is 0 Å². The highest BCUT2D eigenvalue weighted by atomic mass is 32.2. The molecular weight excluding hydrogens is 498 g/mol. The Balaban J connectivity index is 1.39. The molecule has 2 aromatic carbocycles. The molecule has 0 amide bonds. The van der Waals surface area contributed by atoms with E-state index >= 15 is 0 Å². The Morgan fingerprint density at radius 2 is 1.76 bits per heavy atom. The standard InChI is InChI=1S/C27H28F2N4O3S/c28-22-5-7-23(8-6-22)33-25-15-21-9-10-32(37(34,35)26-4-2-1-3-24(26)29)19-27(21,16-20(25)17-30-33)18-31-11-13-36-14-12-31/h1-8,15,17H,9-14,16,18-19H2. The van der Waals surface area contributed by atoms with Gasteiger partial charge in [0.1, 0.15) is 16.5 Å². The minimum atomic E-state index is -4.01. The molecule has 3 heterocycles. The van der Waals surface area contributed by atoms with Gasteiger partial charge in [-0.05, 0) is 60.9 Å². The summed E-state index contributed by atoms with van der Waals surface area (Å²) in [6.07, 6.45) is 5.09. The highest BCUT2D eigenvalue weighted by Gasteiger charge is 2.47. The normalized spacial score (nSPS) is 22.8. The van der Waals surface area contributed by atoms with E-state index in [1.54, 1.807) is 18.2 Å². The second-order valence-corrected chi connectivity index (χ2v) is 11.9. The summed E-state index contributed by atoms with van der Waals surface area (Å²) in [5.74, 6) is -1.05. The number of sulfonamides is 1. The third-order valence-corrected chi connectivity index (χ3v) is 9.55. The number of hydrogen-bond donors (Lipinski definition) is 0. The zero-order chi connectivity index (χ0) is 25.6. The van der Waals surface area contributed by atoms with Gasteiger partial charge in [0.05, 0.1) is 30.8 Å². The van der Waals surface area contributed by atoms with Crippen LogP contribution in [0.15, 0.2) is 65.2 Å². The van der Waals surface area contributed by atoms with E-state index in [9.17, 15) is 17.2 Å². The van der Waals surface area contributed by atoms with Crippen molar-refractivity contribution in [2.45, 2.75) is 17.7 Å². The van der Waals surface area contributed by atoms with Crippen molar-refractivity contribution in [3.63, 3.8) is 0 Å². The van der Waals surface area contributed by atoms with Crippen LogP contribution < -0.4 is 0 Å². The van der Waals surface area contributed by atoms with E-state index in [0.29, 0.717) is 32.6 Å². The number of ether oxygens (including phenoxy) is 1. The zero-order valence-electron chi connectivity index (χ0n) is 20.3. The Morgan fingerprint density at radius 3 is 2.51 bits per heavy atom. The molecule has 1 unspecified atom stereocenters. The summed E-state index contributed by atoms with van der Waals surface area (Å²) in [6, 6.07) is 11.8. The molecule has 3 aromatic rings. The molecule has 6 rings (SSSR count). The summed E-state index contributed by atoms with van der Waals surface area (Å²) in [6.45, 7) is 4.03. The molecule has 0 radical (unpaired) electrons. The van der Waals surface area contributed by atoms with Crippen molar-refractivity contribution >= 4 is 16.1 Å². The Bertz CT molecular complexity index is 1450.